The molecular formula is C70H96I4N8O18P4Zn4. The number of hydrogen-bond donors (Lipinski definition) is 6. The van der Waals surface area contributed by atoms with Crippen molar-refractivity contribution >= 4 is 145 Å². The van der Waals surface area contributed by atoms with E-state index in [1.807, 2.05) is 208 Å². The average Bonchev–Trinajstić information content (AvgIpc) is 0.825. The molecule has 0 aliphatic carbocycles. The Labute approximate surface area is 743 Å². The van der Waals surface area contributed by atoms with E-state index in [2.05, 4.69) is 128 Å². The molecular weight excluding hydrogens is 2130 g/mol. The molecule has 4 aromatic carbocycles. The van der Waals surface area contributed by atoms with Crippen LogP contribution >= 0.6 is 122 Å². The van der Waals surface area contributed by atoms with Crippen LogP contribution < -0.4 is 80.2 Å². The maximum Gasteiger partial charge on any atom is 2.00 e. The van der Waals surface area contributed by atoms with Crippen LogP contribution in [0.3, 0.4) is 0 Å². The van der Waals surface area contributed by atoms with E-state index in [4.69, 9.17) is 33.1 Å². The standard InChI is InChI=1S/4C12H18IO4P.4C5H6N2.2CH4O.4Zn/c4*1-7(2)10-5-9(13)6-11(8(3)4)12(10)17-18(14,15)16;4*6-5-3-1-2-4-7-5;2*1-2;;;;/h4*5-8H,1-4H3,(H2,14,15,16);4*1-4H,(H2,6,7);2*2H,1H3;;;;/q;;;;;;;;;;4*+2/p-8. The van der Waals surface area contributed by atoms with E-state index < -0.39 is 31.3 Å². The molecule has 0 aliphatic heterocycles. The van der Waals surface area contributed by atoms with Crippen molar-refractivity contribution in [3.63, 3.8) is 0 Å². The van der Waals surface area contributed by atoms with Gasteiger partial charge in [0, 0.05) is 53.3 Å². The number of benzene rings is 4. The second-order valence-electron chi connectivity index (χ2n) is 24.1. The summed E-state index contributed by atoms with van der Waals surface area (Å²) in [5.41, 5.74) is 27.0. The van der Waals surface area contributed by atoms with Crippen LogP contribution in [0.25, 0.3) is 0 Å². The number of anilines is 4. The minimum atomic E-state index is -5.04. The van der Waals surface area contributed by atoms with Crippen molar-refractivity contribution in [1.29, 1.82) is 0 Å². The Bertz CT molecular complexity index is 3350. The second kappa shape index (κ2) is 59.5. The number of nitrogens with two attached hydrogens (primary N) is 4. The predicted octanol–water partition coefficient (Wildman–Crippen LogP) is 12.8. The number of halogens is 4. The number of hydrogen-bond acceptors (Lipinski definition) is 26. The molecule has 0 saturated carbocycles. The maximum atomic E-state index is 10.9. The van der Waals surface area contributed by atoms with Crippen LogP contribution in [0.2, 0.25) is 0 Å². The number of phosphoric ester groups is 4. The van der Waals surface area contributed by atoms with Gasteiger partial charge in [0.2, 0.25) is 0 Å². The Balaban J connectivity index is -0.000000280. The Morgan fingerprint density at radius 3 is 0.472 bits per heavy atom. The molecule has 0 saturated heterocycles. The van der Waals surface area contributed by atoms with Crippen LogP contribution in [0.1, 0.15) is 203 Å². The van der Waals surface area contributed by atoms with Gasteiger partial charge in [-0.15, -0.1) is 0 Å². The van der Waals surface area contributed by atoms with Gasteiger partial charge >= 0.3 is 77.9 Å². The van der Waals surface area contributed by atoms with Gasteiger partial charge in [-0.05, 0) is 279 Å². The average molecular weight is 2230 g/mol. The van der Waals surface area contributed by atoms with Crippen LogP contribution in [0.5, 0.6) is 23.0 Å². The van der Waals surface area contributed by atoms with Gasteiger partial charge in [-0.3, -0.25) is 0 Å². The van der Waals surface area contributed by atoms with Gasteiger partial charge in [-0.25, -0.2) is 19.9 Å². The number of aliphatic hydroxyl groups is 2. The van der Waals surface area contributed by atoms with Gasteiger partial charge < -0.3 is 109 Å². The van der Waals surface area contributed by atoms with Gasteiger partial charge in [-0.2, -0.15) is 0 Å². The second-order valence-corrected chi connectivity index (χ2v) is 33.4. The molecule has 38 heteroatoms. The van der Waals surface area contributed by atoms with Crippen molar-refractivity contribution in [3.05, 3.63) is 205 Å². The monoisotopic (exact) mass is 2220 g/mol. The summed E-state index contributed by atoms with van der Waals surface area (Å²) >= 11 is 8.68. The first kappa shape index (κ1) is 117. The molecule has 0 spiro atoms. The quantitative estimate of drug-likeness (QED) is 0.0297. The number of nitrogens with zero attached hydrogens (tertiary/aromatic N) is 4. The molecule has 8 aromatic rings. The first-order valence-electron chi connectivity index (χ1n) is 31.8. The van der Waals surface area contributed by atoms with Crippen molar-refractivity contribution in [3.8, 4) is 23.0 Å². The first-order valence-corrected chi connectivity index (χ1v) is 41.9. The Morgan fingerprint density at radius 1 is 0.287 bits per heavy atom. The Kier molecular flexibility index (Phi) is 64.3. The topological polar surface area (TPSA) is 486 Å². The first-order chi connectivity index (χ1) is 48.0. The van der Waals surface area contributed by atoms with Crippen molar-refractivity contribution in [1.82, 2.24) is 19.9 Å². The summed E-state index contributed by atoms with van der Waals surface area (Å²) in [6.07, 6.45) is 6.65. The zero-order valence-electron chi connectivity index (χ0n) is 64.1. The van der Waals surface area contributed by atoms with Gasteiger partial charge in [0.25, 0.3) is 0 Å². The molecule has 26 nitrogen and oxygen atoms in total. The molecule has 0 atom stereocenters. The normalized spacial score (nSPS) is 10.5. The van der Waals surface area contributed by atoms with Gasteiger partial charge in [0.1, 0.15) is 77.6 Å². The van der Waals surface area contributed by atoms with Crippen molar-refractivity contribution in [2.24, 2.45) is 0 Å². The molecule has 0 fully saturated rings. The number of pyridine rings is 4. The summed E-state index contributed by atoms with van der Waals surface area (Å²) in [6.45, 7) is 30.9. The molecule has 0 radical (unpaired) electrons. The van der Waals surface area contributed by atoms with Crippen LogP contribution in [-0.2, 0) is 96.2 Å². The molecule has 4 heterocycles. The largest absolute Gasteiger partial charge is 2.00 e. The molecule has 10 N–H and O–H groups in total. The molecule has 108 heavy (non-hydrogen) atoms. The molecule has 580 valence electrons. The zero-order chi connectivity index (χ0) is 80.8. The molecule has 8 rings (SSSR count). The van der Waals surface area contributed by atoms with Crippen LogP contribution in [0.15, 0.2) is 146 Å². The number of phosphoric acid groups is 4. The van der Waals surface area contributed by atoms with Crippen molar-refractivity contribution < 1.29 is 164 Å². The maximum absolute atomic E-state index is 10.9. The number of nitrogen functional groups attached to an aromatic ring is 4. The summed E-state index contributed by atoms with van der Waals surface area (Å²) in [5.74, 6) is 3.75. The molecule has 0 amide bonds. The van der Waals surface area contributed by atoms with Crippen LogP contribution in [0, 0.1) is 14.3 Å². The van der Waals surface area contributed by atoms with Crippen molar-refractivity contribution in [2.45, 2.75) is 158 Å². The summed E-state index contributed by atoms with van der Waals surface area (Å²) < 4.78 is 66.3. The summed E-state index contributed by atoms with van der Waals surface area (Å²) in [6, 6.07) is 36.5. The third kappa shape index (κ3) is 51.6. The van der Waals surface area contributed by atoms with E-state index in [1.165, 1.54) is 0 Å². The smallest absolute Gasteiger partial charge is 0.780 e. The molecule has 0 bridgehead atoms. The van der Waals surface area contributed by atoms with Gasteiger partial charge in [0.15, 0.2) is 0 Å². The van der Waals surface area contributed by atoms with E-state index in [0.29, 0.717) is 23.3 Å². The number of rotatable bonds is 16. The minimum absolute atomic E-state index is 0. The summed E-state index contributed by atoms with van der Waals surface area (Å²) in [7, 11) is -18.2. The van der Waals surface area contributed by atoms with E-state index in [-0.39, 0.29) is 148 Å². The summed E-state index contributed by atoms with van der Waals surface area (Å²) in [5, 5.41) is 14.0. The van der Waals surface area contributed by atoms with E-state index >= 15 is 0 Å². The van der Waals surface area contributed by atoms with Gasteiger partial charge in [0.05, 0.1) is 0 Å². The molecule has 0 unspecified atom stereocenters. The fourth-order valence-corrected chi connectivity index (χ4v) is 12.8. The fraction of sp³-hybridized carbons (Fsp3) is 0.371. The van der Waals surface area contributed by atoms with Crippen LogP contribution in [0.4, 0.5) is 23.3 Å². The van der Waals surface area contributed by atoms with Crippen molar-refractivity contribution in [2.75, 3.05) is 37.2 Å². The number of aromatic nitrogens is 4. The van der Waals surface area contributed by atoms with E-state index in [0.717, 1.165) is 73.0 Å². The molecule has 0 aliphatic rings. The Hall–Kier alpha value is -2.19. The third-order valence-electron chi connectivity index (χ3n) is 13.0. The molecule has 4 aromatic heterocycles. The van der Waals surface area contributed by atoms with Crippen LogP contribution in [-0.4, -0.2) is 44.4 Å². The minimum Gasteiger partial charge on any atom is -0.780 e. The number of aliphatic hydroxyl groups excluding tert-OH is 2. The van der Waals surface area contributed by atoms with E-state index in [1.54, 1.807) is 49.1 Å². The zero-order valence-corrected chi connectivity index (χ0v) is 88.2. The SMILES string of the molecule is CC(C)c1cc(I)cc(C(C)C)c1OP(=O)([O-])[O-].CC(C)c1cc(I)cc(C(C)C)c1OP(=O)([O-])[O-].CC(C)c1cc(I)cc(C(C)C)c1OP(=O)([O-])[O-].CC(C)c1cc(I)cc(C(C)C)c1OP(=O)([O-])[O-].CO.CO.Nc1ccccn1.Nc1ccccn1.Nc1ccccn1.Nc1ccccn1.[Zn+2].[Zn+2].[Zn+2].[Zn+2]. The van der Waals surface area contributed by atoms with E-state index in [9.17, 15) is 57.4 Å². The predicted molar refractivity (Wildman–Crippen MR) is 433 cm³/mol. The third-order valence-corrected chi connectivity index (χ3v) is 17.1. The Morgan fingerprint density at radius 2 is 0.407 bits per heavy atom. The summed E-state index contributed by atoms with van der Waals surface area (Å²) in [4.78, 5) is 102. The van der Waals surface area contributed by atoms with Gasteiger partial charge in [-0.1, -0.05) is 135 Å². The fourth-order valence-electron chi connectivity index (χ4n) is 8.35.